The molecule has 7 rings (SSSR count). The Labute approximate surface area is 215 Å². The fourth-order valence-electron chi connectivity index (χ4n) is 5.62. The third kappa shape index (κ3) is 4.24. The largest absolute Gasteiger partial charge is 0.367 e. The van der Waals surface area contributed by atoms with Gasteiger partial charge >= 0.3 is 0 Å². The number of fused-ring (bicyclic) bond motifs is 2. The Morgan fingerprint density at radius 1 is 0.865 bits per heavy atom. The van der Waals surface area contributed by atoms with Crippen molar-refractivity contribution in [3.8, 4) is 22.6 Å². The summed E-state index contributed by atoms with van der Waals surface area (Å²) in [6, 6.07) is 8.51. The van der Waals surface area contributed by atoms with Gasteiger partial charge in [-0.25, -0.2) is 4.98 Å². The predicted molar refractivity (Wildman–Crippen MR) is 146 cm³/mol. The highest BCUT2D eigenvalue weighted by Gasteiger charge is 2.20. The van der Waals surface area contributed by atoms with Crippen LogP contribution in [-0.2, 0) is 6.54 Å². The number of nitrogens with zero attached hydrogens (tertiary/aromatic N) is 7. The van der Waals surface area contributed by atoms with Crippen LogP contribution in [0.3, 0.4) is 0 Å². The lowest BCUT2D eigenvalue weighted by atomic mass is 10.1. The van der Waals surface area contributed by atoms with E-state index in [9.17, 15) is 0 Å². The van der Waals surface area contributed by atoms with E-state index in [0.29, 0.717) is 0 Å². The fourth-order valence-corrected chi connectivity index (χ4v) is 5.62. The summed E-state index contributed by atoms with van der Waals surface area (Å²) in [6.07, 6.45) is 10.3. The topological polar surface area (TPSA) is 92.9 Å². The Balaban J connectivity index is 1.24. The first-order valence-corrected chi connectivity index (χ1v) is 13.1. The van der Waals surface area contributed by atoms with Crippen LogP contribution in [-0.4, -0.2) is 86.2 Å². The molecule has 7 heterocycles. The van der Waals surface area contributed by atoms with Crippen molar-refractivity contribution in [1.29, 1.82) is 0 Å². The second-order valence-corrected chi connectivity index (χ2v) is 10.3. The second kappa shape index (κ2) is 9.24. The van der Waals surface area contributed by atoms with Gasteiger partial charge in [0.15, 0.2) is 0 Å². The normalized spacial score (nSPS) is 17.4. The predicted octanol–water partition coefficient (Wildman–Crippen LogP) is 3.91. The number of H-pyrrole nitrogens is 2. The summed E-state index contributed by atoms with van der Waals surface area (Å²) in [5, 5.41) is 8.99. The molecule has 0 spiro atoms. The summed E-state index contributed by atoms with van der Waals surface area (Å²) in [4.78, 5) is 24.9. The maximum absolute atomic E-state index is 5.05. The number of rotatable bonds is 5. The number of piperazine rings is 1. The minimum atomic E-state index is 0.818. The minimum absolute atomic E-state index is 0.818. The smallest absolute Gasteiger partial charge is 0.135 e. The number of likely N-dealkylation sites (tertiary alicyclic amines) is 1. The standard InChI is InChI=1S/C28H31N9/c1-35-8-10-37(11-9-35)26-17-30-16-25-21(26)13-24(31-25)28-27-23(33-34-28)5-4-22(32-27)20-12-19(14-29-15-20)18-36-6-2-3-7-36/h4-5,12-17,31H,2-3,6-11,18H2,1H3,(H,33,34). The first kappa shape index (κ1) is 22.4. The molecule has 9 nitrogen and oxygen atoms in total. The summed E-state index contributed by atoms with van der Waals surface area (Å²) >= 11 is 0. The second-order valence-electron chi connectivity index (χ2n) is 10.3. The number of pyridine rings is 3. The molecule has 0 radical (unpaired) electrons. The summed E-state index contributed by atoms with van der Waals surface area (Å²) in [5.74, 6) is 0. The van der Waals surface area contributed by atoms with E-state index in [0.717, 1.165) is 71.9 Å². The highest BCUT2D eigenvalue weighted by atomic mass is 15.3. The number of hydrogen-bond acceptors (Lipinski definition) is 7. The zero-order chi connectivity index (χ0) is 24.8. The lowest BCUT2D eigenvalue weighted by Crippen LogP contribution is -2.44. The van der Waals surface area contributed by atoms with Gasteiger partial charge in [-0.1, -0.05) is 0 Å². The summed E-state index contributed by atoms with van der Waals surface area (Å²) in [6.45, 7) is 7.39. The van der Waals surface area contributed by atoms with Crippen LogP contribution in [0.25, 0.3) is 44.6 Å². The van der Waals surface area contributed by atoms with Gasteiger partial charge in [-0.15, -0.1) is 0 Å². The van der Waals surface area contributed by atoms with E-state index in [1.165, 1.54) is 42.6 Å². The zero-order valence-electron chi connectivity index (χ0n) is 21.1. The summed E-state index contributed by atoms with van der Waals surface area (Å²) in [7, 11) is 2.17. The molecule has 0 bridgehead atoms. The van der Waals surface area contributed by atoms with E-state index in [1.807, 2.05) is 30.9 Å². The number of nitrogens with one attached hydrogen (secondary N) is 2. The molecule has 9 heteroatoms. The molecule has 0 saturated carbocycles. The third-order valence-electron chi connectivity index (χ3n) is 7.73. The van der Waals surface area contributed by atoms with E-state index in [1.54, 1.807) is 0 Å². The SMILES string of the molecule is CN1CCN(c2cncc3[nH]c(-c4n[nH]c5ccc(-c6cncc(CN7CCCC7)c6)nc45)cc23)CC1. The van der Waals surface area contributed by atoms with Crippen molar-refractivity contribution in [2.45, 2.75) is 19.4 Å². The average molecular weight is 494 g/mol. The molecule has 188 valence electrons. The first-order chi connectivity index (χ1) is 18.2. The number of hydrogen-bond donors (Lipinski definition) is 2. The monoisotopic (exact) mass is 493 g/mol. The molecule has 0 amide bonds. The molecular weight excluding hydrogens is 462 g/mol. The fraction of sp³-hybridized carbons (Fsp3) is 0.357. The number of anilines is 1. The van der Waals surface area contributed by atoms with Crippen molar-refractivity contribution in [3.63, 3.8) is 0 Å². The van der Waals surface area contributed by atoms with E-state index in [4.69, 9.17) is 4.98 Å². The van der Waals surface area contributed by atoms with Crippen LogP contribution in [0.15, 0.2) is 49.1 Å². The van der Waals surface area contributed by atoms with Crippen LogP contribution >= 0.6 is 0 Å². The van der Waals surface area contributed by atoms with Crippen LogP contribution in [0.4, 0.5) is 5.69 Å². The zero-order valence-corrected chi connectivity index (χ0v) is 21.1. The highest BCUT2D eigenvalue weighted by Crippen LogP contribution is 2.33. The number of aromatic nitrogens is 6. The van der Waals surface area contributed by atoms with Crippen molar-refractivity contribution < 1.29 is 0 Å². The van der Waals surface area contributed by atoms with Crippen molar-refractivity contribution >= 4 is 27.6 Å². The van der Waals surface area contributed by atoms with E-state index < -0.39 is 0 Å². The van der Waals surface area contributed by atoms with Crippen LogP contribution in [0.1, 0.15) is 18.4 Å². The third-order valence-corrected chi connectivity index (χ3v) is 7.73. The van der Waals surface area contributed by atoms with Gasteiger partial charge in [0.25, 0.3) is 0 Å². The Morgan fingerprint density at radius 2 is 1.70 bits per heavy atom. The molecule has 0 unspecified atom stereocenters. The minimum Gasteiger partial charge on any atom is -0.367 e. The van der Waals surface area contributed by atoms with E-state index in [-0.39, 0.29) is 0 Å². The van der Waals surface area contributed by atoms with Crippen molar-refractivity contribution in [2.75, 3.05) is 51.2 Å². The van der Waals surface area contributed by atoms with Gasteiger partial charge in [0.2, 0.25) is 0 Å². The van der Waals surface area contributed by atoms with Gasteiger partial charge in [0.1, 0.15) is 11.2 Å². The summed E-state index contributed by atoms with van der Waals surface area (Å²) in [5.41, 5.74) is 8.87. The average Bonchev–Trinajstić information content (AvgIpc) is 3.68. The molecule has 2 aliphatic rings. The molecule has 2 N–H and O–H groups in total. The molecule has 2 saturated heterocycles. The molecule has 2 aliphatic heterocycles. The molecule has 37 heavy (non-hydrogen) atoms. The van der Waals surface area contributed by atoms with E-state index >= 15 is 0 Å². The quantitative estimate of drug-likeness (QED) is 0.383. The molecule has 0 atom stereocenters. The van der Waals surface area contributed by atoms with Crippen molar-refractivity contribution in [2.24, 2.45) is 0 Å². The maximum atomic E-state index is 5.05. The number of aromatic amines is 2. The van der Waals surface area contributed by atoms with Gasteiger partial charge in [-0.2, -0.15) is 5.10 Å². The molecule has 2 fully saturated rings. The molecule has 0 aromatic carbocycles. The number of likely N-dealkylation sites (N-methyl/N-ethyl adjacent to an activating group) is 1. The van der Waals surface area contributed by atoms with Crippen molar-refractivity contribution in [3.05, 3.63) is 54.6 Å². The van der Waals surface area contributed by atoms with Crippen LogP contribution < -0.4 is 4.90 Å². The molecular formula is C28H31N9. The lowest BCUT2D eigenvalue weighted by Gasteiger charge is -2.34. The van der Waals surface area contributed by atoms with Gasteiger partial charge < -0.3 is 14.8 Å². The van der Waals surface area contributed by atoms with E-state index in [2.05, 4.69) is 65.1 Å². The molecule has 0 aliphatic carbocycles. The maximum Gasteiger partial charge on any atom is 0.135 e. The molecule has 5 aromatic rings. The highest BCUT2D eigenvalue weighted by molar-refractivity contribution is 5.98. The lowest BCUT2D eigenvalue weighted by molar-refractivity contribution is 0.313. The first-order valence-electron chi connectivity index (χ1n) is 13.1. The van der Waals surface area contributed by atoms with Gasteiger partial charge in [0.05, 0.1) is 40.5 Å². The Morgan fingerprint density at radius 3 is 2.57 bits per heavy atom. The van der Waals surface area contributed by atoms with Gasteiger partial charge in [-0.05, 0) is 62.8 Å². The summed E-state index contributed by atoms with van der Waals surface area (Å²) < 4.78 is 0. The van der Waals surface area contributed by atoms with Crippen LogP contribution in [0, 0.1) is 0 Å². The molecule has 5 aromatic heterocycles. The van der Waals surface area contributed by atoms with Gasteiger partial charge in [-0.3, -0.25) is 20.0 Å². The Bertz CT molecular complexity index is 1550. The Hall–Kier alpha value is -3.82. The van der Waals surface area contributed by atoms with Gasteiger partial charge in [0, 0.05) is 56.1 Å². The Kier molecular flexibility index (Phi) is 5.59. The van der Waals surface area contributed by atoms with Crippen LogP contribution in [0.5, 0.6) is 0 Å². The van der Waals surface area contributed by atoms with Crippen LogP contribution in [0.2, 0.25) is 0 Å². The van der Waals surface area contributed by atoms with Crippen molar-refractivity contribution in [1.82, 2.24) is 39.9 Å².